The number of fused-ring (bicyclic) bond motifs is 1. The predicted molar refractivity (Wildman–Crippen MR) is 102 cm³/mol. The fraction of sp³-hybridized carbons (Fsp3) is 1.00. The van der Waals surface area contributed by atoms with E-state index in [1.807, 2.05) is 0 Å². The number of hydrogen-bond donors (Lipinski definition) is 5. The SMILES string of the molecule is COC[C@H]1CN[C@@H]2CCCC[C@H]2NCCN[C@H](COC)CNCCN1. The van der Waals surface area contributed by atoms with Crippen molar-refractivity contribution < 1.29 is 9.47 Å². The number of hydrogen-bond acceptors (Lipinski definition) is 7. The Morgan fingerprint density at radius 2 is 1.24 bits per heavy atom. The molecule has 2 aliphatic rings. The van der Waals surface area contributed by atoms with Crippen LogP contribution in [0.3, 0.4) is 0 Å². The van der Waals surface area contributed by atoms with Gasteiger partial charge in [0, 0.05) is 77.7 Å². The van der Waals surface area contributed by atoms with E-state index >= 15 is 0 Å². The highest BCUT2D eigenvalue weighted by atomic mass is 16.5. The molecular weight excluding hydrogens is 318 g/mol. The summed E-state index contributed by atoms with van der Waals surface area (Å²) in [7, 11) is 3.55. The van der Waals surface area contributed by atoms with Gasteiger partial charge in [-0.1, -0.05) is 12.8 Å². The summed E-state index contributed by atoms with van der Waals surface area (Å²) >= 11 is 0. The number of nitrogens with one attached hydrogen (secondary N) is 5. The van der Waals surface area contributed by atoms with Gasteiger partial charge in [0.15, 0.2) is 0 Å². The smallest absolute Gasteiger partial charge is 0.0628 e. The Labute approximate surface area is 153 Å². The van der Waals surface area contributed by atoms with Crippen LogP contribution in [0.15, 0.2) is 0 Å². The Hall–Kier alpha value is -0.280. The maximum Gasteiger partial charge on any atom is 0.0628 e. The zero-order valence-corrected chi connectivity index (χ0v) is 16.1. The summed E-state index contributed by atoms with van der Waals surface area (Å²) in [6.07, 6.45) is 5.19. The van der Waals surface area contributed by atoms with Gasteiger partial charge in [-0.05, 0) is 12.8 Å². The number of ether oxygens (including phenoxy) is 2. The lowest BCUT2D eigenvalue weighted by molar-refractivity contribution is 0.159. The first kappa shape index (κ1) is 21.0. The Bertz CT molecular complexity index is 335. The third-order valence-corrected chi connectivity index (χ3v) is 5.22. The quantitative estimate of drug-likeness (QED) is 0.455. The highest BCUT2D eigenvalue weighted by Crippen LogP contribution is 2.18. The molecule has 7 nitrogen and oxygen atoms in total. The van der Waals surface area contributed by atoms with Crippen molar-refractivity contribution >= 4 is 0 Å². The fourth-order valence-electron chi connectivity index (χ4n) is 3.87. The maximum atomic E-state index is 5.39. The third-order valence-electron chi connectivity index (χ3n) is 5.22. The van der Waals surface area contributed by atoms with Crippen LogP contribution in [0.5, 0.6) is 0 Å². The van der Waals surface area contributed by atoms with E-state index < -0.39 is 0 Å². The van der Waals surface area contributed by atoms with Crippen LogP contribution in [0.25, 0.3) is 0 Å². The van der Waals surface area contributed by atoms with Gasteiger partial charge in [-0.25, -0.2) is 0 Å². The molecule has 2 rings (SSSR count). The Morgan fingerprint density at radius 1 is 0.680 bits per heavy atom. The molecule has 1 aliphatic heterocycles. The molecule has 1 aliphatic carbocycles. The van der Waals surface area contributed by atoms with Crippen molar-refractivity contribution in [3.05, 3.63) is 0 Å². The third kappa shape index (κ3) is 8.30. The van der Waals surface area contributed by atoms with Gasteiger partial charge in [0.2, 0.25) is 0 Å². The molecule has 1 saturated heterocycles. The molecule has 7 heteroatoms. The van der Waals surface area contributed by atoms with Crippen LogP contribution in [-0.2, 0) is 9.47 Å². The molecule has 1 heterocycles. The molecule has 0 aromatic rings. The molecule has 0 aromatic carbocycles. The number of rotatable bonds is 4. The number of methoxy groups -OCH3 is 2. The first-order valence-electron chi connectivity index (χ1n) is 9.95. The van der Waals surface area contributed by atoms with E-state index in [0.29, 0.717) is 24.2 Å². The second-order valence-electron chi connectivity index (χ2n) is 7.28. The second kappa shape index (κ2) is 13.0. The van der Waals surface area contributed by atoms with Crippen molar-refractivity contribution in [1.29, 1.82) is 0 Å². The van der Waals surface area contributed by atoms with Crippen molar-refractivity contribution in [1.82, 2.24) is 26.6 Å². The van der Waals surface area contributed by atoms with Crippen LogP contribution in [-0.4, -0.2) is 90.9 Å². The lowest BCUT2D eigenvalue weighted by Gasteiger charge is -2.34. The fourth-order valence-corrected chi connectivity index (χ4v) is 3.87. The molecule has 1 saturated carbocycles. The van der Waals surface area contributed by atoms with Crippen molar-refractivity contribution in [3.63, 3.8) is 0 Å². The van der Waals surface area contributed by atoms with E-state index in [0.717, 1.165) is 52.5 Å². The predicted octanol–water partition coefficient (Wildman–Crippen LogP) is -0.711. The molecule has 4 atom stereocenters. The van der Waals surface area contributed by atoms with E-state index in [1.165, 1.54) is 25.7 Å². The van der Waals surface area contributed by atoms with Crippen LogP contribution in [0, 0.1) is 0 Å². The molecule has 0 bridgehead atoms. The highest BCUT2D eigenvalue weighted by molar-refractivity contribution is 4.88. The van der Waals surface area contributed by atoms with Gasteiger partial charge >= 0.3 is 0 Å². The van der Waals surface area contributed by atoms with Gasteiger partial charge in [0.1, 0.15) is 0 Å². The van der Waals surface area contributed by atoms with Crippen LogP contribution in [0.1, 0.15) is 25.7 Å². The topological polar surface area (TPSA) is 78.6 Å². The zero-order chi connectivity index (χ0) is 17.7. The first-order chi connectivity index (χ1) is 12.3. The van der Waals surface area contributed by atoms with E-state index in [9.17, 15) is 0 Å². The lowest BCUT2D eigenvalue weighted by atomic mass is 9.90. The average Bonchev–Trinajstić information content (AvgIpc) is 2.63. The largest absolute Gasteiger partial charge is 0.383 e. The summed E-state index contributed by atoms with van der Waals surface area (Å²) in [5.74, 6) is 0. The monoisotopic (exact) mass is 357 g/mol. The normalized spacial score (nSPS) is 33.8. The van der Waals surface area contributed by atoms with Crippen LogP contribution < -0.4 is 26.6 Å². The van der Waals surface area contributed by atoms with E-state index in [4.69, 9.17) is 9.47 Å². The summed E-state index contributed by atoms with van der Waals surface area (Å²) in [6, 6.07) is 1.84. The van der Waals surface area contributed by atoms with Crippen molar-refractivity contribution in [2.45, 2.75) is 49.9 Å². The minimum atomic E-state index is 0.354. The van der Waals surface area contributed by atoms with Gasteiger partial charge in [0.25, 0.3) is 0 Å². The Morgan fingerprint density at radius 3 is 1.92 bits per heavy atom. The van der Waals surface area contributed by atoms with Crippen molar-refractivity contribution in [2.75, 3.05) is 66.7 Å². The van der Waals surface area contributed by atoms with Crippen molar-refractivity contribution in [3.8, 4) is 0 Å². The van der Waals surface area contributed by atoms with Gasteiger partial charge in [0.05, 0.1) is 13.2 Å². The zero-order valence-electron chi connectivity index (χ0n) is 16.1. The summed E-state index contributed by atoms with van der Waals surface area (Å²) in [6.45, 7) is 7.24. The molecule has 0 unspecified atom stereocenters. The first-order valence-corrected chi connectivity index (χ1v) is 9.95. The highest BCUT2D eigenvalue weighted by Gasteiger charge is 2.25. The standard InChI is InChI=1S/C18H39N5O2/c1-24-13-15-11-19-7-8-20-16(14-25-2)12-23-18-6-4-3-5-17(18)22-10-9-21-15/h15-23H,3-14H2,1-2H3/t15-,16+,17+,18+/m0/s1. The molecule has 5 N–H and O–H groups in total. The maximum absolute atomic E-state index is 5.39. The minimum Gasteiger partial charge on any atom is -0.383 e. The second-order valence-corrected chi connectivity index (χ2v) is 7.28. The van der Waals surface area contributed by atoms with Crippen LogP contribution in [0.2, 0.25) is 0 Å². The molecule has 0 radical (unpaired) electrons. The van der Waals surface area contributed by atoms with Gasteiger partial charge in [-0.2, -0.15) is 0 Å². The molecule has 148 valence electrons. The van der Waals surface area contributed by atoms with E-state index in [2.05, 4.69) is 26.6 Å². The summed E-state index contributed by atoms with van der Waals surface area (Å²) < 4.78 is 10.7. The molecule has 0 spiro atoms. The molecule has 25 heavy (non-hydrogen) atoms. The minimum absolute atomic E-state index is 0.354. The van der Waals surface area contributed by atoms with Gasteiger partial charge < -0.3 is 36.1 Å². The Kier molecular flexibility index (Phi) is 10.9. The van der Waals surface area contributed by atoms with Gasteiger partial charge in [-0.3, -0.25) is 0 Å². The molecule has 0 aromatic heterocycles. The van der Waals surface area contributed by atoms with E-state index in [1.54, 1.807) is 14.2 Å². The summed E-state index contributed by atoms with van der Waals surface area (Å²) in [5.41, 5.74) is 0. The van der Waals surface area contributed by atoms with Crippen molar-refractivity contribution in [2.24, 2.45) is 0 Å². The van der Waals surface area contributed by atoms with E-state index in [-0.39, 0.29) is 0 Å². The van der Waals surface area contributed by atoms with Crippen LogP contribution in [0.4, 0.5) is 0 Å². The van der Waals surface area contributed by atoms with Crippen LogP contribution >= 0.6 is 0 Å². The lowest BCUT2D eigenvalue weighted by Crippen LogP contribution is -2.54. The summed E-state index contributed by atoms with van der Waals surface area (Å²) in [5, 5.41) is 18.3. The average molecular weight is 358 g/mol. The Balaban J connectivity index is 1.90. The van der Waals surface area contributed by atoms with Gasteiger partial charge in [-0.15, -0.1) is 0 Å². The molecular formula is C18H39N5O2. The summed E-state index contributed by atoms with van der Waals surface area (Å²) in [4.78, 5) is 0. The molecule has 2 fully saturated rings. The molecule has 0 amide bonds.